The number of aromatic nitrogens is 3. The smallest absolute Gasteiger partial charge is 0.155 e. The minimum atomic E-state index is 0.314. The first-order valence-electron chi connectivity index (χ1n) is 9.98. The van der Waals surface area contributed by atoms with Gasteiger partial charge >= 0.3 is 0 Å². The Morgan fingerprint density at radius 1 is 1.11 bits per heavy atom. The molecule has 0 radical (unpaired) electrons. The Balaban J connectivity index is 1.69. The lowest BCUT2D eigenvalue weighted by Crippen LogP contribution is -2.39. The van der Waals surface area contributed by atoms with Crippen LogP contribution in [0.15, 0.2) is 42.6 Å². The van der Waals surface area contributed by atoms with Crippen LogP contribution < -0.4 is 11.1 Å². The molecular formula is C23H27N5. The van der Waals surface area contributed by atoms with Crippen molar-refractivity contribution in [2.45, 2.75) is 45.2 Å². The largest absolute Gasteiger partial charge is 0.366 e. The first kappa shape index (κ1) is 18.6. The summed E-state index contributed by atoms with van der Waals surface area (Å²) in [4.78, 5) is 13.9. The average Bonchev–Trinajstić information content (AvgIpc) is 2.69. The molecule has 0 amide bonds. The van der Waals surface area contributed by atoms with Gasteiger partial charge in [-0.1, -0.05) is 24.6 Å². The van der Waals surface area contributed by atoms with Crippen LogP contribution in [-0.4, -0.2) is 27.0 Å². The van der Waals surface area contributed by atoms with Crippen molar-refractivity contribution in [2.75, 3.05) is 5.32 Å². The number of benzene rings is 1. The molecule has 0 bridgehead atoms. The lowest BCUT2D eigenvalue weighted by Gasteiger charge is -2.33. The van der Waals surface area contributed by atoms with E-state index in [0.717, 1.165) is 41.7 Å². The number of nitrogens with one attached hydrogen (secondary N) is 1. The maximum Gasteiger partial charge on any atom is 0.155 e. The van der Waals surface area contributed by atoms with Crippen molar-refractivity contribution in [3.05, 3.63) is 59.7 Å². The Morgan fingerprint density at radius 3 is 2.79 bits per heavy atom. The highest BCUT2D eigenvalue weighted by atomic mass is 15.1. The van der Waals surface area contributed by atoms with Crippen LogP contribution in [0.25, 0.3) is 23.1 Å². The molecule has 1 aromatic carbocycles. The molecule has 3 atom stereocenters. The topological polar surface area (TPSA) is 76.7 Å². The lowest BCUT2D eigenvalue weighted by atomic mass is 9.83. The first-order chi connectivity index (χ1) is 13.6. The lowest BCUT2D eigenvalue weighted by molar-refractivity contribution is 0.314. The Hall–Kier alpha value is -2.79. The SMILES string of the molecule is Cc1ccc2nc(/C=C/c3ccccn3)nc(N[C@H]3CC[C@@H](N)C[C@H]3C)c2c1. The molecule has 1 aliphatic rings. The van der Waals surface area contributed by atoms with Crippen LogP contribution in [-0.2, 0) is 0 Å². The van der Waals surface area contributed by atoms with Gasteiger partial charge in [-0.3, -0.25) is 4.98 Å². The highest BCUT2D eigenvalue weighted by Gasteiger charge is 2.26. The summed E-state index contributed by atoms with van der Waals surface area (Å²) in [7, 11) is 0. The summed E-state index contributed by atoms with van der Waals surface area (Å²) in [6.45, 7) is 4.37. The second kappa shape index (κ2) is 8.07. The van der Waals surface area contributed by atoms with Gasteiger partial charge in [-0.25, -0.2) is 9.97 Å². The van der Waals surface area contributed by atoms with E-state index in [9.17, 15) is 0 Å². The van der Waals surface area contributed by atoms with Gasteiger partial charge in [0.25, 0.3) is 0 Å². The third-order valence-corrected chi connectivity index (χ3v) is 5.49. The van der Waals surface area contributed by atoms with Crippen LogP contribution in [0, 0.1) is 12.8 Å². The molecule has 3 aromatic rings. The standard InChI is InChI=1S/C23H27N5/c1-15-6-9-21-19(13-15)23(27-20-10-7-17(24)14-16(20)2)28-22(26-21)11-8-18-5-3-4-12-25-18/h3-6,8-9,11-13,16-17,20H,7,10,14,24H2,1-2H3,(H,26,27,28)/b11-8+/t16-,17-,20+/m1/s1. The van der Waals surface area contributed by atoms with E-state index in [4.69, 9.17) is 15.7 Å². The van der Waals surface area contributed by atoms with E-state index in [2.05, 4.69) is 42.3 Å². The maximum atomic E-state index is 6.14. The minimum absolute atomic E-state index is 0.314. The summed E-state index contributed by atoms with van der Waals surface area (Å²) < 4.78 is 0. The van der Waals surface area contributed by atoms with Crippen molar-refractivity contribution < 1.29 is 0 Å². The molecular weight excluding hydrogens is 346 g/mol. The quantitative estimate of drug-likeness (QED) is 0.707. The molecule has 4 rings (SSSR count). The van der Waals surface area contributed by atoms with Gasteiger partial charge in [0.05, 0.1) is 11.2 Å². The van der Waals surface area contributed by atoms with Crippen LogP contribution in [0.5, 0.6) is 0 Å². The summed E-state index contributed by atoms with van der Waals surface area (Å²) in [5.74, 6) is 2.11. The van der Waals surface area contributed by atoms with Crippen molar-refractivity contribution in [3.8, 4) is 0 Å². The molecule has 3 N–H and O–H groups in total. The summed E-state index contributed by atoms with van der Waals surface area (Å²) in [5, 5.41) is 4.77. The summed E-state index contributed by atoms with van der Waals surface area (Å²) >= 11 is 0. The molecule has 5 nitrogen and oxygen atoms in total. The fraction of sp³-hybridized carbons (Fsp3) is 0.348. The van der Waals surface area contributed by atoms with Gasteiger partial charge < -0.3 is 11.1 Å². The van der Waals surface area contributed by atoms with E-state index in [1.54, 1.807) is 6.20 Å². The van der Waals surface area contributed by atoms with Gasteiger partial charge in [-0.15, -0.1) is 0 Å². The molecule has 1 aliphatic carbocycles. The van der Waals surface area contributed by atoms with Crippen LogP contribution in [0.1, 0.15) is 43.3 Å². The number of rotatable bonds is 4. The molecule has 0 aliphatic heterocycles. The van der Waals surface area contributed by atoms with Gasteiger partial charge in [0.1, 0.15) is 5.82 Å². The summed E-state index contributed by atoms with van der Waals surface area (Å²) in [5.41, 5.74) is 9.18. The van der Waals surface area contributed by atoms with E-state index in [1.807, 2.05) is 30.4 Å². The molecule has 2 heterocycles. The van der Waals surface area contributed by atoms with Crippen molar-refractivity contribution in [3.63, 3.8) is 0 Å². The Labute approximate surface area is 166 Å². The van der Waals surface area contributed by atoms with E-state index in [1.165, 1.54) is 5.56 Å². The third kappa shape index (κ3) is 4.20. The average molecular weight is 374 g/mol. The van der Waals surface area contributed by atoms with E-state index in [0.29, 0.717) is 23.8 Å². The fourth-order valence-electron chi connectivity index (χ4n) is 3.91. The molecule has 0 unspecified atom stereocenters. The molecule has 28 heavy (non-hydrogen) atoms. The highest BCUT2D eigenvalue weighted by molar-refractivity contribution is 5.90. The predicted octanol–water partition coefficient (Wildman–Crippen LogP) is 4.43. The van der Waals surface area contributed by atoms with Gasteiger partial charge in [0.2, 0.25) is 0 Å². The first-order valence-corrected chi connectivity index (χ1v) is 9.98. The molecule has 2 aromatic heterocycles. The van der Waals surface area contributed by atoms with E-state index >= 15 is 0 Å². The van der Waals surface area contributed by atoms with Crippen molar-refractivity contribution >= 4 is 28.9 Å². The van der Waals surface area contributed by atoms with E-state index < -0.39 is 0 Å². The van der Waals surface area contributed by atoms with E-state index in [-0.39, 0.29) is 0 Å². The van der Waals surface area contributed by atoms with Crippen LogP contribution in [0.4, 0.5) is 5.82 Å². The fourth-order valence-corrected chi connectivity index (χ4v) is 3.91. The zero-order chi connectivity index (χ0) is 19.5. The normalized spacial score (nSPS) is 22.6. The van der Waals surface area contributed by atoms with Crippen molar-refractivity contribution in [1.82, 2.24) is 15.0 Å². The maximum absolute atomic E-state index is 6.14. The van der Waals surface area contributed by atoms with Gasteiger partial charge in [-0.2, -0.15) is 0 Å². The highest BCUT2D eigenvalue weighted by Crippen LogP contribution is 2.29. The second-order valence-corrected chi connectivity index (χ2v) is 7.84. The Kier molecular flexibility index (Phi) is 5.35. The third-order valence-electron chi connectivity index (χ3n) is 5.49. The second-order valence-electron chi connectivity index (χ2n) is 7.84. The molecule has 144 valence electrons. The minimum Gasteiger partial charge on any atom is -0.366 e. The molecule has 1 saturated carbocycles. The molecule has 5 heteroatoms. The number of fused-ring (bicyclic) bond motifs is 1. The van der Waals surface area contributed by atoms with Gasteiger partial charge in [0.15, 0.2) is 5.82 Å². The van der Waals surface area contributed by atoms with Gasteiger partial charge in [0, 0.05) is 23.7 Å². The molecule has 0 saturated heterocycles. The van der Waals surface area contributed by atoms with Crippen molar-refractivity contribution in [1.29, 1.82) is 0 Å². The number of hydrogen-bond donors (Lipinski definition) is 2. The number of nitrogens with zero attached hydrogens (tertiary/aromatic N) is 3. The predicted molar refractivity (Wildman–Crippen MR) is 116 cm³/mol. The summed E-state index contributed by atoms with van der Waals surface area (Å²) in [6.07, 6.45) is 8.82. The van der Waals surface area contributed by atoms with Crippen LogP contribution in [0.2, 0.25) is 0 Å². The van der Waals surface area contributed by atoms with Crippen LogP contribution >= 0.6 is 0 Å². The zero-order valence-electron chi connectivity index (χ0n) is 16.5. The van der Waals surface area contributed by atoms with Gasteiger partial charge in [-0.05, 0) is 68.5 Å². The Morgan fingerprint density at radius 2 is 2.00 bits per heavy atom. The monoisotopic (exact) mass is 373 g/mol. The number of anilines is 1. The molecule has 0 spiro atoms. The number of aryl methyl sites for hydroxylation is 1. The number of hydrogen-bond acceptors (Lipinski definition) is 5. The zero-order valence-corrected chi connectivity index (χ0v) is 16.5. The summed E-state index contributed by atoms with van der Waals surface area (Å²) in [6, 6.07) is 12.9. The van der Waals surface area contributed by atoms with Crippen molar-refractivity contribution in [2.24, 2.45) is 11.7 Å². The number of pyridine rings is 1. The molecule has 1 fully saturated rings. The Bertz CT molecular complexity index is 983. The van der Waals surface area contributed by atoms with Crippen LogP contribution in [0.3, 0.4) is 0 Å². The number of nitrogens with two attached hydrogens (primary N) is 1.